The minimum Gasteiger partial charge on any atom is -0.492 e. The van der Waals surface area contributed by atoms with Crippen molar-refractivity contribution in [2.45, 2.75) is 39.5 Å². The minimum absolute atomic E-state index is 0. The van der Waals surface area contributed by atoms with Crippen molar-refractivity contribution in [1.82, 2.24) is 10.2 Å². The van der Waals surface area contributed by atoms with Gasteiger partial charge in [-0.2, -0.15) is 0 Å². The molecule has 0 unspecified atom stereocenters. The molecule has 1 saturated heterocycles. The molecule has 28 heavy (non-hydrogen) atoms. The highest BCUT2D eigenvalue weighted by Crippen LogP contribution is 2.19. The zero-order valence-corrected chi connectivity index (χ0v) is 19.8. The topological polar surface area (TPSA) is 63.2 Å². The summed E-state index contributed by atoms with van der Waals surface area (Å²) in [6.07, 6.45) is 1.60. The van der Waals surface area contributed by atoms with Crippen LogP contribution >= 0.6 is 24.0 Å². The van der Waals surface area contributed by atoms with Crippen LogP contribution in [0.3, 0.4) is 0 Å². The van der Waals surface area contributed by atoms with Crippen LogP contribution in [0.15, 0.2) is 29.3 Å². The molecule has 0 aliphatic carbocycles. The van der Waals surface area contributed by atoms with Gasteiger partial charge in [-0.15, -0.1) is 24.0 Å². The maximum absolute atomic E-state index is 11.7. The maximum Gasteiger partial charge on any atom is 0.308 e. The van der Waals surface area contributed by atoms with Crippen molar-refractivity contribution >= 4 is 35.9 Å². The Labute approximate surface area is 186 Å². The predicted octanol–water partition coefficient (Wildman–Crippen LogP) is 3.66. The second kappa shape index (κ2) is 12.9. The second-order valence-electron chi connectivity index (χ2n) is 7.09. The van der Waals surface area contributed by atoms with Crippen LogP contribution in [0.5, 0.6) is 5.75 Å². The first kappa shape index (κ1) is 24.5. The van der Waals surface area contributed by atoms with Gasteiger partial charge in [0, 0.05) is 19.6 Å². The van der Waals surface area contributed by atoms with Crippen molar-refractivity contribution in [3.63, 3.8) is 0 Å². The number of ether oxygens (including phenoxy) is 2. The summed E-state index contributed by atoms with van der Waals surface area (Å²) < 4.78 is 10.7. The van der Waals surface area contributed by atoms with Gasteiger partial charge in [0.25, 0.3) is 0 Å². The third-order valence-corrected chi connectivity index (χ3v) is 4.83. The SMILES string of the molecule is CCNC(=NCCOc1ccc(C(C)C)cc1)N1CCC(C(=O)OC)CC1.I. The molecule has 1 aromatic carbocycles. The number of carbonyl (C=O) groups is 1. The number of carbonyl (C=O) groups excluding carboxylic acids is 1. The molecule has 0 bridgehead atoms. The van der Waals surface area contributed by atoms with Gasteiger partial charge in [0.15, 0.2) is 5.96 Å². The van der Waals surface area contributed by atoms with E-state index in [-0.39, 0.29) is 35.9 Å². The molecular formula is C21H34IN3O3. The first-order chi connectivity index (χ1) is 13.0. The van der Waals surface area contributed by atoms with Crippen molar-refractivity contribution in [1.29, 1.82) is 0 Å². The number of hydrogen-bond donors (Lipinski definition) is 1. The number of rotatable bonds is 7. The first-order valence-electron chi connectivity index (χ1n) is 9.89. The van der Waals surface area contributed by atoms with Crippen molar-refractivity contribution in [3.8, 4) is 5.75 Å². The number of esters is 1. The van der Waals surface area contributed by atoms with Gasteiger partial charge in [0.2, 0.25) is 0 Å². The van der Waals surface area contributed by atoms with Gasteiger partial charge in [-0.25, -0.2) is 4.99 Å². The molecule has 7 heteroatoms. The molecule has 0 saturated carbocycles. The Morgan fingerprint density at radius 2 is 1.89 bits per heavy atom. The van der Waals surface area contributed by atoms with Crippen LogP contribution in [-0.2, 0) is 9.53 Å². The molecule has 1 N–H and O–H groups in total. The molecule has 2 rings (SSSR count). The van der Waals surface area contributed by atoms with Crippen LogP contribution in [0.2, 0.25) is 0 Å². The summed E-state index contributed by atoms with van der Waals surface area (Å²) in [6, 6.07) is 8.25. The summed E-state index contributed by atoms with van der Waals surface area (Å²) in [5.74, 6) is 2.19. The Bertz CT molecular complexity index is 612. The highest BCUT2D eigenvalue weighted by molar-refractivity contribution is 14.0. The zero-order valence-electron chi connectivity index (χ0n) is 17.4. The van der Waals surface area contributed by atoms with E-state index < -0.39 is 0 Å². The molecule has 1 fully saturated rings. The Morgan fingerprint density at radius 3 is 2.43 bits per heavy atom. The highest BCUT2D eigenvalue weighted by atomic mass is 127. The van der Waals surface area contributed by atoms with Crippen molar-refractivity contribution in [3.05, 3.63) is 29.8 Å². The smallest absolute Gasteiger partial charge is 0.308 e. The second-order valence-corrected chi connectivity index (χ2v) is 7.09. The van der Waals surface area contributed by atoms with E-state index in [2.05, 4.69) is 48.1 Å². The molecular weight excluding hydrogens is 469 g/mol. The van der Waals surface area contributed by atoms with Crippen LogP contribution in [0, 0.1) is 5.92 Å². The molecule has 0 radical (unpaired) electrons. The Balaban J connectivity index is 0.00000392. The largest absolute Gasteiger partial charge is 0.492 e. The molecule has 158 valence electrons. The normalized spacial score (nSPS) is 15.2. The van der Waals surface area contributed by atoms with Crippen molar-refractivity contribution in [2.75, 3.05) is 39.9 Å². The Hall–Kier alpha value is -1.51. The summed E-state index contributed by atoms with van der Waals surface area (Å²) in [5, 5.41) is 3.33. The lowest BCUT2D eigenvalue weighted by atomic mass is 9.97. The number of nitrogens with zero attached hydrogens (tertiary/aromatic N) is 2. The molecule has 0 amide bonds. The van der Waals surface area contributed by atoms with Gasteiger partial charge in [0.05, 0.1) is 19.6 Å². The third-order valence-electron chi connectivity index (χ3n) is 4.83. The standard InChI is InChI=1S/C21H33N3O3.HI/c1-5-22-21(24-13-10-18(11-14-24)20(25)26-4)23-12-15-27-19-8-6-17(7-9-19)16(2)3;/h6-9,16,18H,5,10-15H2,1-4H3,(H,22,23);1H. The van der Waals surface area contributed by atoms with Crippen LogP contribution in [0.25, 0.3) is 0 Å². The lowest BCUT2D eigenvalue weighted by Gasteiger charge is -2.33. The quantitative estimate of drug-likeness (QED) is 0.202. The average Bonchev–Trinajstić information content (AvgIpc) is 2.70. The fourth-order valence-electron chi connectivity index (χ4n) is 3.18. The van der Waals surface area contributed by atoms with Gasteiger partial charge >= 0.3 is 5.97 Å². The van der Waals surface area contributed by atoms with Gasteiger partial charge in [-0.3, -0.25) is 4.79 Å². The zero-order chi connectivity index (χ0) is 19.6. The van der Waals surface area contributed by atoms with E-state index in [0.717, 1.165) is 44.2 Å². The van der Waals surface area contributed by atoms with Crippen molar-refractivity contribution < 1.29 is 14.3 Å². The van der Waals surface area contributed by atoms with E-state index in [1.54, 1.807) is 0 Å². The van der Waals surface area contributed by atoms with Crippen LogP contribution in [0.4, 0.5) is 0 Å². The molecule has 0 spiro atoms. The van der Waals surface area contributed by atoms with Gasteiger partial charge in [-0.05, 0) is 43.4 Å². The minimum atomic E-state index is -0.103. The monoisotopic (exact) mass is 503 g/mol. The first-order valence-corrected chi connectivity index (χ1v) is 9.89. The molecule has 0 aromatic heterocycles. The average molecular weight is 503 g/mol. The number of halogens is 1. The van der Waals surface area contributed by atoms with Crippen LogP contribution < -0.4 is 10.1 Å². The van der Waals surface area contributed by atoms with Gasteiger partial charge < -0.3 is 19.7 Å². The molecule has 0 atom stereocenters. The van der Waals surface area contributed by atoms with Gasteiger partial charge in [0.1, 0.15) is 12.4 Å². The van der Waals surface area contributed by atoms with E-state index in [9.17, 15) is 4.79 Å². The molecule has 6 nitrogen and oxygen atoms in total. The van der Waals surface area contributed by atoms with Gasteiger partial charge in [-0.1, -0.05) is 26.0 Å². The Kier molecular flexibility index (Phi) is 11.3. The lowest BCUT2D eigenvalue weighted by molar-refractivity contribution is -0.146. The number of guanidine groups is 1. The Morgan fingerprint density at radius 1 is 1.25 bits per heavy atom. The number of piperidine rings is 1. The lowest BCUT2D eigenvalue weighted by Crippen LogP contribution is -2.46. The summed E-state index contributed by atoms with van der Waals surface area (Å²) in [6.45, 7) is 9.98. The summed E-state index contributed by atoms with van der Waals surface area (Å²) >= 11 is 0. The molecule has 1 aliphatic rings. The molecule has 1 aliphatic heterocycles. The summed E-state index contributed by atoms with van der Waals surface area (Å²) in [7, 11) is 1.45. The summed E-state index contributed by atoms with van der Waals surface area (Å²) in [5.41, 5.74) is 1.31. The van der Waals surface area contributed by atoms with Crippen molar-refractivity contribution in [2.24, 2.45) is 10.9 Å². The number of benzene rings is 1. The molecule has 1 aromatic rings. The number of aliphatic imine (C=N–C) groups is 1. The fraction of sp³-hybridized carbons (Fsp3) is 0.619. The van der Waals surface area contributed by atoms with E-state index in [1.165, 1.54) is 12.7 Å². The van der Waals surface area contributed by atoms with Crippen LogP contribution in [-0.4, -0.2) is 56.7 Å². The highest BCUT2D eigenvalue weighted by Gasteiger charge is 2.26. The van der Waals surface area contributed by atoms with Crippen LogP contribution in [0.1, 0.15) is 45.1 Å². The maximum atomic E-state index is 11.7. The predicted molar refractivity (Wildman–Crippen MR) is 124 cm³/mol. The van der Waals surface area contributed by atoms with E-state index in [4.69, 9.17) is 9.47 Å². The fourth-order valence-corrected chi connectivity index (χ4v) is 3.18. The number of methoxy groups -OCH3 is 1. The van der Waals surface area contributed by atoms with E-state index in [1.807, 2.05) is 12.1 Å². The summed E-state index contributed by atoms with van der Waals surface area (Å²) in [4.78, 5) is 18.6. The number of likely N-dealkylation sites (tertiary alicyclic amines) is 1. The van der Waals surface area contributed by atoms with E-state index >= 15 is 0 Å². The third kappa shape index (κ3) is 7.48. The van der Waals surface area contributed by atoms with E-state index in [0.29, 0.717) is 19.1 Å². The number of hydrogen-bond acceptors (Lipinski definition) is 4. The number of nitrogens with one attached hydrogen (secondary N) is 1. The molecule has 1 heterocycles.